The molecule has 20 heavy (non-hydrogen) atoms. The molecule has 0 radical (unpaired) electrons. The van der Waals surface area contributed by atoms with Crippen LogP contribution in [-0.4, -0.2) is 22.0 Å². The third kappa shape index (κ3) is 2.74. The van der Waals surface area contributed by atoms with Gasteiger partial charge in [0.15, 0.2) is 5.75 Å². The molecule has 1 aliphatic rings. The molecule has 0 aromatic heterocycles. The van der Waals surface area contributed by atoms with Gasteiger partial charge in [-0.3, -0.25) is 14.9 Å². The first-order chi connectivity index (χ1) is 9.40. The normalized spacial score (nSPS) is 25.4. The van der Waals surface area contributed by atoms with Crippen LogP contribution in [0.4, 0.5) is 5.69 Å². The first-order valence-electron chi connectivity index (χ1n) is 6.68. The van der Waals surface area contributed by atoms with Crippen molar-refractivity contribution >= 4 is 11.6 Å². The minimum absolute atomic E-state index is 0.120. The zero-order valence-corrected chi connectivity index (χ0v) is 11.5. The van der Waals surface area contributed by atoms with E-state index in [0.717, 1.165) is 25.0 Å². The lowest BCUT2D eigenvalue weighted by Gasteiger charge is -2.19. The summed E-state index contributed by atoms with van der Waals surface area (Å²) >= 11 is 0. The Balaban J connectivity index is 2.10. The SMILES string of the molecule is CC1CCC(NC(=O)c2ccc([N+](=O)[O-])c(O)c2)C1C. The Morgan fingerprint density at radius 3 is 2.60 bits per heavy atom. The predicted octanol–water partition coefficient (Wildman–Crippen LogP) is 2.46. The van der Waals surface area contributed by atoms with Gasteiger partial charge in [0, 0.05) is 17.7 Å². The van der Waals surface area contributed by atoms with Crippen LogP contribution in [0.3, 0.4) is 0 Å². The summed E-state index contributed by atoms with van der Waals surface area (Å²) in [5.74, 6) is 0.188. The van der Waals surface area contributed by atoms with Crippen molar-refractivity contribution in [1.82, 2.24) is 5.32 Å². The van der Waals surface area contributed by atoms with Crippen molar-refractivity contribution in [2.45, 2.75) is 32.7 Å². The number of carbonyl (C=O) groups excluding carboxylic acids is 1. The lowest BCUT2D eigenvalue weighted by atomic mass is 9.97. The molecule has 1 saturated carbocycles. The lowest BCUT2D eigenvalue weighted by molar-refractivity contribution is -0.385. The van der Waals surface area contributed by atoms with Crippen molar-refractivity contribution in [3.63, 3.8) is 0 Å². The highest BCUT2D eigenvalue weighted by atomic mass is 16.6. The molecule has 3 atom stereocenters. The average Bonchev–Trinajstić information content (AvgIpc) is 2.70. The van der Waals surface area contributed by atoms with Crippen LogP contribution in [0.5, 0.6) is 5.75 Å². The summed E-state index contributed by atoms with van der Waals surface area (Å²) in [5, 5.41) is 23.1. The first kappa shape index (κ1) is 14.3. The van der Waals surface area contributed by atoms with E-state index in [9.17, 15) is 20.0 Å². The number of hydrogen-bond acceptors (Lipinski definition) is 4. The van der Waals surface area contributed by atoms with E-state index in [2.05, 4.69) is 19.2 Å². The number of phenolic OH excluding ortho intramolecular Hbond substituents is 1. The molecule has 2 N–H and O–H groups in total. The van der Waals surface area contributed by atoms with Gasteiger partial charge in [-0.2, -0.15) is 0 Å². The molecule has 1 aliphatic carbocycles. The minimum Gasteiger partial charge on any atom is -0.502 e. The smallest absolute Gasteiger partial charge is 0.310 e. The second-order valence-corrected chi connectivity index (χ2v) is 5.45. The Kier molecular flexibility index (Phi) is 3.92. The average molecular weight is 278 g/mol. The van der Waals surface area contributed by atoms with Crippen LogP contribution >= 0.6 is 0 Å². The zero-order chi connectivity index (χ0) is 14.9. The van der Waals surface area contributed by atoms with E-state index in [-0.39, 0.29) is 17.5 Å². The molecule has 6 nitrogen and oxygen atoms in total. The molecule has 0 saturated heterocycles. The maximum Gasteiger partial charge on any atom is 0.310 e. The molecule has 1 aromatic rings. The number of nitro benzene ring substituents is 1. The highest BCUT2D eigenvalue weighted by Crippen LogP contribution is 2.31. The monoisotopic (exact) mass is 278 g/mol. The third-order valence-electron chi connectivity index (χ3n) is 4.22. The lowest BCUT2D eigenvalue weighted by Crippen LogP contribution is -2.37. The standard InChI is InChI=1S/C14H18N2O4/c1-8-3-5-11(9(8)2)15-14(18)10-4-6-12(16(19)20)13(17)7-10/h4,6-9,11,17H,3,5H2,1-2H3,(H,15,18). The topological polar surface area (TPSA) is 92.5 Å². The Morgan fingerprint density at radius 2 is 2.10 bits per heavy atom. The van der Waals surface area contributed by atoms with E-state index in [4.69, 9.17) is 0 Å². The number of carbonyl (C=O) groups is 1. The van der Waals surface area contributed by atoms with Crippen LogP contribution in [0, 0.1) is 22.0 Å². The fourth-order valence-electron chi connectivity index (χ4n) is 2.64. The van der Waals surface area contributed by atoms with Crippen LogP contribution < -0.4 is 5.32 Å². The van der Waals surface area contributed by atoms with E-state index >= 15 is 0 Å². The molecule has 0 bridgehead atoms. The molecule has 1 fully saturated rings. The Labute approximate surface area is 117 Å². The number of nitro groups is 1. The van der Waals surface area contributed by atoms with Gasteiger partial charge in [-0.05, 0) is 36.8 Å². The number of hydrogen-bond donors (Lipinski definition) is 2. The maximum atomic E-state index is 12.1. The quantitative estimate of drug-likeness (QED) is 0.656. The van der Waals surface area contributed by atoms with Crippen molar-refractivity contribution in [3.8, 4) is 5.75 Å². The summed E-state index contributed by atoms with van der Waals surface area (Å²) in [5.41, 5.74) is -0.163. The summed E-state index contributed by atoms with van der Waals surface area (Å²) in [4.78, 5) is 22.0. The third-order valence-corrected chi connectivity index (χ3v) is 4.22. The van der Waals surface area contributed by atoms with Gasteiger partial charge in [0.25, 0.3) is 5.91 Å². The number of benzene rings is 1. The van der Waals surface area contributed by atoms with Crippen molar-refractivity contribution < 1.29 is 14.8 Å². The maximum absolute atomic E-state index is 12.1. The first-order valence-corrected chi connectivity index (χ1v) is 6.68. The van der Waals surface area contributed by atoms with Gasteiger partial charge in [0.2, 0.25) is 0 Å². The molecular formula is C14H18N2O4. The molecule has 1 aromatic carbocycles. The van der Waals surface area contributed by atoms with E-state index in [1.165, 1.54) is 6.07 Å². The Bertz CT molecular complexity index is 544. The predicted molar refractivity (Wildman–Crippen MR) is 73.6 cm³/mol. The number of nitrogens with one attached hydrogen (secondary N) is 1. The van der Waals surface area contributed by atoms with Crippen LogP contribution in [-0.2, 0) is 0 Å². The molecule has 6 heteroatoms. The van der Waals surface area contributed by atoms with Crippen LogP contribution in [0.25, 0.3) is 0 Å². The zero-order valence-electron chi connectivity index (χ0n) is 11.5. The molecule has 0 aliphatic heterocycles. The fourth-order valence-corrected chi connectivity index (χ4v) is 2.64. The van der Waals surface area contributed by atoms with Gasteiger partial charge in [-0.15, -0.1) is 0 Å². The van der Waals surface area contributed by atoms with E-state index < -0.39 is 16.4 Å². The number of nitrogens with zero attached hydrogens (tertiary/aromatic N) is 1. The van der Waals surface area contributed by atoms with Crippen LogP contribution in [0.1, 0.15) is 37.0 Å². The van der Waals surface area contributed by atoms with Gasteiger partial charge in [-0.1, -0.05) is 13.8 Å². The van der Waals surface area contributed by atoms with Crippen molar-refractivity contribution in [2.24, 2.45) is 11.8 Å². The number of aromatic hydroxyl groups is 1. The van der Waals surface area contributed by atoms with Gasteiger partial charge in [-0.25, -0.2) is 0 Å². The van der Waals surface area contributed by atoms with Crippen LogP contribution in [0.15, 0.2) is 18.2 Å². The summed E-state index contributed by atoms with van der Waals surface area (Å²) in [6, 6.07) is 3.76. The summed E-state index contributed by atoms with van der Waals surface area (Å²) in [7, 11) is 0. The fraction of sp³-hybridized carbons (Fsp3) is 0.500. The van der Waals surface area contributed by atoms with Crippen molar-refractivity contribution in [3.05, 3.63) is 33.9 Å². The molecule has 3 unspecified atom stereocenters. The van der Waals surface area contributed by atoms with Gasteiger partial charge >= 0.3 is 5.69 Å². The van der Waals surface area contributed by atoms with E-state index in [1.807, 2.05) is 0 Å². The Hall–Kier alpha value is -2.11. The summed E-state index contributed by atoms with van der Waals surface area (Å²) in [6.45, 7) is 4.27. The highest BCUT2D eigenvalue weighted by molar-refractivity contribution is 5.95. The number of rotatable bonds is 3. The largest absolute Gasteiger partial charge is 0.502 e. The van der Waals surface area contributed by atoms with Crippen molar-refractivity contribution in [1.29, 1.82) is 0 Å². The van der Waals surface area contributed by atoms with Crippen LogP contribution in [0.2, 0.25) is 0 Å². The van der Waals surface area contributed by atoms with Gasteiger partial charge in [0.05, 0.1) is 4.92 Å². The minimum atomic E-state index is -0.683. The van der Waals surface area contributed by atoms with Gasteiger partial charge in [0.1, 0.15) is 0 Å². The molecule has 0 heterocycles. The second-order valence-electron chi connectivity index (χ2n) is 5.45. The second kappa shape index (κ2) is 5.48. The molecule has 108 valence electrons. The van der Waals surface area contributed by atoms with Crippen molar-refractivity contribution in [2.75, 3.05) is 0 Å². The summed E-state index contributed by atoms with van der Waals surface area (Å²) < 4.78 is 0. The summed E-state index contributed by atoms with van der Waals surface area (Å²) in [6.07, 6.45) is 2.02. The van der Waals surface area contributed by atoms with E-state index in [1.54, 1.807) is 0 Å². The molecular weight excluding hydrogens is 260 g/mol. The van der Waals surface area contributed by atoms with E-state index in [0.29, 0.717) is 11.8 Å². The van der Waals surface area contributed by atoms with Gasteiger partial charge < -0.3 is 10.4 Å². The molecule has 1 amide bonds. The highest BCUT2D eigenvalue weighted by Gasteiger charge is 2.31. The molecule has 2 rings (SSSR count). The number of phenols is 1. The Morgan fingerprint density at radius 1 is 1.40 bits per heavy atom. The molecule has 0 spiro atoms. The number of amides is 1.